The van der Waals surface area contributed by atoms with Gasteiger partial charge in [-0.25, -0.2) is 0 Å². The number of hydrogen-bond donors (Lipinski definition) is 0. The summed E-state index contributed by atoms with van der Waals surface area (Å²) in [6.07, 6.45) is 3.56. The Labute approximate surface area is 87.4 Å². The average molecular weight is 286 g/mol. The lowest BCUT2D eigenvalue weighted by molar-refractivity contribution is 0.469. The van der Waals surface area contributed by atoms with E-state index in [1.54, 1.807) is 0 Å². The maximum absolute atomic E-state index is 3.79. The fraction of sp³-hybridized carbons (Fsp3) is 1.00. The zero-order valence-electron chi connectivity index (χ0n) is 7.88. The average Bonchev–Trinajstić information content (AvgIpc) is 1.84. The van der Waals surface area contributed by atoms with Crippen LogP contribution in [0.2, 0.25) is 0 Å². The lowest BCUT2D eigenvalue weighted by atomic mass is 9.92. The van der Waals surface area contributed by atoms with E-state index in [4.69, 9.17) is 0 Å². The van der Waals surface area contributed by atoms with Crippen LogP contribution in [0.25, 0.3) is 0 Å². The van der Waals surface area contributed by atoms with Crippen LogP contribution in [0.5, 0.6) is 0 Å². The van der Waals surface area contributed by atoms with Gasteiger partial charge in [-0.15, -0.1) is 0 Å². The second kappa shape index (κ2) is 4.27. The van der Waals surface area contributed by atoms with Gasteiger partial charge in [-0.3, -0.25) is 0 Å². The van der Waals surface area contributed by atoms with Gasteiger partial charge in [0, 0.05) is 8.65 Å². The highest BCUT2D eigenvalue weighted by atomic mass is 79.9. The zero-order valence-corrected chi connectivity index (χ0v) is 11.0. The molecule has 0 aromatic rings. The third-order valence-corrected chi connectivity index (χ3v) is 3.69. The van der Waals surface area contributed by atoms with E-state index in [1.165, 1.54) is 19.3 Å². The molecule has 0 aliphatic carbocycles. The van der Waals surface area contributed by atoms with Crippen LogP contribution in [0.1, 0.15) is 47.0 Å². The second-order valence-electron chi connectivity index (χ2n) is 3.75. The van der Waals surface area contributed by atoms with Crippen LogP contribution in [-0.4, -0.2) is 8.65 Å². The highest BCUT2D eigenvalue weighted by molar-refractivity contribution is 9.10. The van der Waals surface area contributed by atoms with Crippen molar-refractivity contribution in [1.82, 2.24) is 0 Å². The van der Waals surface area contributed by atoms with Gasteiger partial charge in [-0.1, -0.05) is 59.6 Å². The molecule has 0 saturated heterocycles. The van der Waals surface area contributed by atoms with Crippen molar-refractivity contribution >= 4 is 31.9 Å². The van der Waals surface area contributed by atoms with Crippen molar-refractivity contribution in [3.8, 4) is 0 Å². The quantitative estimate of drug-likeness (QED) is 0.667. The Morgan fingerprint density at radius 1 is 1.00 bits per heavy atom. The van der Waals surface area contributed by atoms with Crippen LogP contribution in [0.15, 0.2) is 0 Å². The molecule has 0 spiro atoms. The predicted octanol–water partition coefficient (Wildman–Crippen LogP) is 4.50. The van der Waals surface area contributed by atoms with Crippen molar-refractivity contribution < 1.29 is 0 Å². The standard InChI is InChI=1S/C9H18Br2/c1-5-9(11,6-2)7-8(3,4)10/h5-7H2,1-4H3. The summed E-state index contributed by atoms with van der Waals surface area (Å²) in [5.41, 5.74) is 0. The molecule has 0 radical (unpaired) electrons. The fourth-order valence-electron chi connectivity index (χ4n) is 1.25. The molecular weight excluding hydrogens is 268 g/mol. The van der Waals surface area contributed by atoms with Crippen molar-refractivity contribution in [2.24, 2.45) is 0 Å². The van der Waals surface area contributed by atoms with Crippen LogP contribution < -0.4 is 0 Å². The summed E-state index contributed by atoms with van der Waals surface area (Å²) >= 11 is 7.46. The van der Waals surface area contributed by atoms with E-state index in [-0.39, 0.29) is 4.32 Å². The smallest absolute Gasteiger partial charge is 0.0265 e. The van der Waals surface area contributed by atoms with Crippen LogP contribution in [0, 0.1) is 0 Å². The Bertz CT molecular complexity index is 109. The maximum Gasteiger partial charge on any atom is 0.0265 e. The molecule has 0 aliphatic rings. The Morgan fingerprint density at radius 2 is 1.36 bits per heavy atom. The van der Waals surface area contributed by atoms with Crippen LogP contribution in [0.4, 0.5) is 0 Å². The van der Waals surface area contributed by atoms with E-state index in [1.807, 2.05) is 0 Å². The molecule has 0 rings (SSSR count). The first-order chi connectivity index (χ1) is 4.83. The van der Waals surface area contributed by atoms with Crippen LogP contribution in [-0.2, 0) is 0 Å². The predicted molar refractivity (Wildman–Crippen MR) is 59.9 cm³/mol. The molecule has 0 unspecified atom stereocenters. The maximum atomic E-state index is 3.79. The first-order valence-electron chi connectivity index (χ1n) is 4.21. The molecule has 0 N–H and O–H groups in total. The van der Waals surface area contributed by atoms with Gasteiger partial charge in [0.25, 0.3) is 0 Å². The largest absolute Gasteiger partial charge is 0.0859 e. The minimum atomic E-state index is 0.252. The summed E-state index contributed by atoms with van der Waals surface area (Å²) in [6, 6.07) is 0. The van der Waals surface area contributed by atoms with E-state index in [9.17, 15) is 0 Å². The highest BCUT2D eigenvalue weighted by Gasteiger charge is 2.29. The summed E-state index contributed by atoms with van der Waals surface area (Å²) < 4.78 is 0.586. The SMILES string of the molecule is CCC(Br)(CC)CC(C)(C)Br. The van der Waals surface area contributed by atoms with Crippen molar-refractivity contribution in [2.45, 2.75) is 55.6 Å². The molecule has 0 heterocycles. The van der Waals surface area contributed by atoms with E-state index in [2.05, 4.69) is 59.6 Å². The molecule has 0 amide bonds. The minimum absolute atomic E-state index is 0.252. The number of hydrogen-bond acceptors (Lipinski definition) is 0. The summed E-state index contributed by atoms with van der Waals surface area (Å²) in [7, 11) is 0. The van der Waals surface area contributed by atoms with E-state index in [0.717, 1.165) is 0 Å². The van der Waals surface area contributed by atoms with Crippen molar-refractivity contribution in [3.05, 3.63) is 0 Å². The van der Waals surface area contributed by atoms with Crippen molar-refractivity contribution in [1.29, 1.82) is 0 Å². The summed E-state index contributed by atoms with van der Waals surface area (Å²) in [5.74, 6) is 0. The molecule has 0 aromatic heterocycles. The van der Waals surface area contributed by atoms with Gasteiger partial charge < -0.3 is 0 Å². The second-order valence-corrected chi connectivity index (χ2v) is 7.58. The van der Waals surface area contributed by atoms with Gasteiger partial charge in [0.1, 0.15) is 0 Å². The van der Waals surface area contributed by atoms with Gasteiger partial charge in [0.15, 0.2) is 0 Å². The van der Waals surface area contributed by atoms with E-state index < -0.39 is 0 Å². The third-order valence-electron chi connectivity index (χ3n) is 2.00. The molecule has 0 bridgehead atoms. The van der Waals surface area contributed by atoms with E-state index >= 15 is 0 Å². The molecular formula is C9H18Br2. The number of alkyl halides is 2. The van der Waals surface area contributed by atoms with Crippen molar-refractivity contribution in [3.63, 3.8) is 0 Å². The third kappa shape index (κ3) is 5.24. The van der Waals surface area contributed by atoms with Crippen molar-refractivity contribution in [2.75, 3.05) is 0 Å². The summed E-state index contributed by atoms with van der Waals surface area (Å²) in [4.78, 5) is 0. The topological polar surface area (TPSA) is 0 Å². The normalized spacial score (nSPS) is 13.6. The van der Waals surface area contributed by atoms with Gasteiger partial charge in [-0.05, 0) is 19.3 Å². The summed E-state index contributed by atoms with van der Waals surface area (Å²) in [6.45, 7) is 8.90. The Balaban J connectivity index is 4.08. The van der Waals surface area contributed by atoms with Gasteiger partial charge in [-0.2, -0.15) is 0 Å². The molecule has 11 heavy (non-hydrogen) atoms. The first kappa shape index (κ1) is 12.0. The minimum Gasteiger partial charge on any atom is -0.0859 e. The monoisotopic (exact) mass is 284 g/mol. The summed E-state index contributed by atoms with van der Waals surface area (Å²) in [5, 5.41) is 0. The Hall–Kier alpha value is 0.960. The van der Waals surface area contributed by atoms with Gasteiger partial charge >= 0.3 is 0 Å². The molecule has 0 nitrogen and oxygen atoms in total. The molecule has 68 valence electrons. The fourth-order valence-corrected chi connectivity index (χ4v) is 2.87. The van der Waals surface area contributed by atoms with Gasteiger partial charge in [0.05, 0.1) is 0 Å². The van der Waals surface area contributed by atoms with Crippen LogP contribution >= 0.6 is 31.9 Å². The zero-order chi connectivity index (χ0) is 9.12. The Morgan fingerprint density at radius 3 is 1.45 bits per heavy atom. The first-order valence-corrected chi connectivity index (χ1v) is 5.79. The molecule has 0 aromatic carbocycles. The molecule has 0 atom stereocenters. The molecule has 2 heteroatoms. The van der Waals surface area contributed by atoms with Gasteiger partial charge in [0.2, 0.25) is 0 Å². The Kier molecular flexibility index (Phi) is 4.64. The van der Waals surface area contributed by atoms with E-state index in [0.29, 0.717) is 4.32 Å². The molecule has 0 aliphatic heterocycles. The molecule has 0 saturated carbocycles. The lowest BCUT2D eigenvalue weighted by Crippen LogP contribution is -2.27. The number of rotatable bonds is 4. The molecule has 0 fully saturated rings. The lowest BCUT2D eigenvalue weighted by Gasteiger charge is -2.30. The van der Waals surface area contributed by atoms with Crippen LogP contribution in [0.3, 0.4) is 0 Å². The highest BCUT2D eigenvalue weighted by Crippen LogP contribution is 2.38. The number of halogens is 2.